The summed E-state index contributed by atoms with van der Waals surface area (Å²) in [5.74, 6) is 1.63. The summed E-state index contributed by atoms with van der Waals surface area (Å²) in [6.45, 7) is 6.95. The third kappa shape index (κ3) is 3.07. The van der Waals surface area contributed by atoms with Gasteiger partial charge in [-0.25, -0.2) is 0 Å². The fourth-order valence-corrected chi connectivity index (χ4v) is 2.11. The van der Waals surface area contributed by atoms with E-state index >= 15 is 0 Å². The summed E-state index contributed by atoms with van der Waals surface area (Å²) in [6.07, 6.45) is 2.44. The minimum absolute atomic E-state index is 0.756. The molecule has 0 unspecified atom stereocenters. The zero-order valence-corrected chi connectivity index (χ0v) is 9.79. The van der Waals surface area contributed by atoms with Gasteiger partial charge in [0, 0.05) is 0 Å². The van der Waals surface area contributed by atoms with Crippen LogP contribution in [0.3, 0.4) is 0 Å². The molecule has 1 nitrogen and oxygen atoms in total. The fourth-order valence-electron chi connectivity index (χ4n) is 2.11. The Bertz CT molecular complexity index is 296. The average molecular weight is 203 g/mol. The van der Waals surface area contributed by atoms with Crippen LogP contribution in [-0.2, 0) is 12.8 Å². The van der Waals surface area contributed by atoms with E-state index in [-0.39, 0.29) is 0 Å². The molecule has 1 fully saturated rings. The van der Waals surface area contributed by atoms with Crippen molar-refractivity contribution in [3.8, 4) is 0 Å². The molecule has 0 aliphatic carbocycles. The van der Waals surface area contributed by atoms with Crippen LogP contribution in [0.4, 0.5) is 0 Å². The quantitative estimate of drug-likeness (QED) is 0.793. The van der Waals surface area contributed by atoms with Crippen LogP contribution in [0.2, 0.25) is 0 Å². The first kappa shape index (κ1) is 10.7. The second-order valence-corrected chi connectivity index (χ2v) is 5.14. The van der Waals surface area contributed by atoms with Crippen LogP contribution in [0.25, 0.3) is 0 Å². The van der Waals surface area contributed by atoms with Crippen LogP contribution < -0.4 is 5.32 Å². The summed E-state index contributed by atoms with van der Waals surface area (Å²) >= 11 is 0. The number of nitrogens with one attached hydrogen (secondary N) is 1. The lowest BCUT2D eigenvalue weighted by molar-refractivity contribution is 0.346. The second kappa shape index (κ2) is 4.80. The van der Waals surface area contributed by atoms with Gasteiger partial charge in [-0.15, -0.1) is 0 Å². The highest BCUT2D eigenvalue weighted by molar-refractivity contribution is 5.23. The lowest BCUT2D eigenvalue weighted by atomic mass is 9.93. The molecular weight excluding hydrogens is 182 g/mol. The summed E-state index contributed by atoms with van der Waals surface area (Å²) in [7, 11) is 0. The fraction of sp³-hybridized carbons (Fsp3) is 0.571. The van der Waals surface area contributed by atoms with Gasteiger partial charge in [0.1, 0.15) is 0 Å². The molecule has 0 radical (unpaired) electrons. The van der Waals surface area contributed by atoms with Gasteiger partial charge in [-0.05, 0) is 48.9 Å². The van der Waals surface area contributed by atoms with E-state index in [4.69, 9.17) is 0 Å². The number of hydrogen-bond donors (Lipinski definition) is 1. The molecule has 1 aromatic rings. The Morgan fingerprint density at radius 3 is 2.20 bits per heavy atom. The maximum absolute atomic E-state index is 3.32. The molecule has 1 heteroatoms. The molecule has 0 saturated carbocycles. The smallest absolute Gasteiger partial charge is 0.000506 e. The van der Waals surface area contributed by atoms with Crippen molar-refractivity contribution in [3.63, 3.8) is 0 Å². The summed E-state index contributed by atoms with van der Waals surface area (Å²) in [5.41, 5.74) is 2.97. The topological polar surface area (TPSA) is 12.0 Å². The van der Waals surface area contributed by atoms with E-state index in [0.717, 1.165) is 11.8 Å². The highest BCUT2D eigenvalue weighted by Crippen LogP contribution is 2.15. The average Bonchev–Trinajstić information content (AvgIpc) is 2.13. The SMILES string of the molecule is CC(C)Cc1ccc(CC2CNC2)cc1. The summed E-state index contributed by atoms with van der Waals surface area (Å²) in [5, 5.41) is 3.32. The van der Waals surface area contributed by atoms with Crippen molar-refractivity contribution in [2.75, 3.05) is 13.1 Å². The molecular formula is C14H21N. The summed E-state index contributed by atoms with van der Waals surface area (Å²) < 4.78 is 0. The lowest BCUT2D eigenvalue weighted by Crippen LogP contribution is -2.43. The van der Waals surface area contributed by atoms with Gasteiger partial charge >= 0.3 is 0 Å². The third-order valence-electron chi connectivity index (χ3n) is 3.06. The van der Waals surface area contributed by atoms with E-state index in [9.17, 15) is 0 Å². The van der Waals surface area contributed by atoms with Crippen molar-refractivity contribution >= 4 is 0 Å². The van der Waals surface area contributed by atoms with Crippen LogP contribution in [0.15, 0.2) is 24.3 Å². The van der Waals surface area contributed by atoms with Crippen molar-refractivity contribution in [3.05, 3.63) is 35.4 Å². The Hall–Kier alpha value is -0.820. The molecule has 82 valence electrons. The molecule has 1 aromatic carbocycles. The molecule has 1 N–H and O–H groups in total. The number of hydrogen-bond acceptors (Lipinski definition) is 1. The highest BCUT2D eigenvalue weighted by atomic mass is 14.9. The molecule has 0 amide bonds. The minimum Gasteiger partial charge on any atom is -0.316 e. The van der Waals surface area contributed by atoms with Crippen molar-refractivity contribution in [2.24, 2.45) is 11.8 Å². The Morgan fingerprint density at radius 2 is 1.73 bits per heavy atom. The van der Waals surface area contributed by atoms with Gasteiger partial charge < -0.3 is 5.32 Å². The van der Waals surface area contributed by atoms with E-state index in [0.29, 0.717) is 0 Å². The Morgan fingerprint density at radius 1 is 1.13 bits per heavy atom. The molecule has 1 aliphatic heterocycles. The van der Waals surface area contributed by atoms with Gasteiger partial charge in [0.05, 0.1) is 0 Å². The van der Waals surface area contributed by atoms with Crippen LogP contribution in [-0.4, -0.2) is 13.1 Å². The predicted molar refractivity (Wildman–Crippen MR) is 65.0 cm³/mol. The van der Waals surface area contributed by atoms with Gasteiger partial charge in [0.15, 0.2) is 0 Å². The first-order valence-electron chi connectivity index (χ1n) is 6.02. The standard InChI is InChI=1S/C14H21N/c1-11(2)7-12-3-5-13(6-4-12)8-14-9-15-10-14/h3-6,11,14-15H,7-10H2,1-2H3. The minimum atomic E-state index is 0.756. The Kier molecular flexibility index (Phi) is 3.42. The molecule has 1 heterocycles. The largest absolute Gasteiger partial charge is 0.316 e. The van der Waals surface area contributed by atoms with Crippen molar-refractivity contribution in [1.29, 1.82) is 0 Å². The van der Waals surface area contributed by atoms with E-state index in [1.807, 2.05) is 0 Å². The van der Waals surface area contributed by atoms with Gasteiger partial charge in [-0.2, -0.15) is 0 Å². The first-order valence-corrected chi connectivity index (χ1v) is 6.02. The van der Waals surface area contributed by atoms with E-state index in [2.05, 4.69) is 43.4 Å². The molecule has 2 rings (SSSR count). The molecule has 1 saturated heterocycles. The van der Waals surface area contributed by atoms with Crippen molar-refractivity contribution < 1.29 is 0 Å². The normalized spacial score (nSPS) is 16.7. The summed E-state index contributed by atoms with van der Waals surface area (Å²) in [4.78, 5) is 0. The zero-order valence-electron chi connectivity index (χ0n) is 9.79. The monoisotopic (exact) mass is 203 g/mol. The molecule has 0 spiro atoms. The van der Waals surface area contributed by atoms with Crippen LogP contribution in [0.5, 0.6) is 0 Å². The van der Waals surface area contributed by atoms with Crippen LogP contribution >= 0.6 is 0 Å². The first-order chi connectivity index (χ1) is 7.24. The molecule has 1 aliphatic rings. The maximum atomic E-state index is 3.32. The van der Waals surface area contributed by atoms with Gasteiger partial charge in [0.25, 0.3) is 0 Å². The molecule has 15 heavy (non-hydrogen) atoms. The van der Waals surface area contributed by atoms with E-state index in [1.54, 1.807) is 0 Å². The van der Waals surface area contributed by atoms with Gasteiger partial charge in [-0.1, -0.05) is 38.1 Å². The predicted octanol–water partition coefficient (Wildman–Crippen LogP) is 2.65. The van der Waals surface area contributed by atoms with Gasteiger partial charge in [0.2, 0.25) is 0 Å². The third-order valence-corrected chi connectivity index (χ3v) is 3.06. The number of benzene rings is 1. The molecule has 0 atom stereocenters. The summed E-state index contributed by atoms with van der Waals surface area (Å²) in [6, 6.07) is 9.19. The Labute approximate surface area is 92.9 Å². The van der Waals surface area contributed by atoms with Crippen molar-refractivity contribution in [2.45, 2.75) is 26.7 Å². The van der Waals surface area contributed by atoms with Crippen LogP contribution in [0, 0.1) is 11.8 Å². The highest BCUT2D eigenvalue weighted by Gasteiger charge is 2.16. The number of rotatable bonds is 4. The molecule has 0 aromatic heterocycles. The molecule has 0 bridgehead atoms. The lowest BCUT2D eigenvalue weighted by Gasteiger charge is -2.27. The van der Waals surface area contributed by atoms with Gasteiger partial charge in [-0.3, -0.25) is 0 Å². The maximum Gasteiger partial charge on any atom is -0.000506 e. The van der Waals surface area contributed by atoms with Crippen molar-refractivity contribution in [1.82, 2.24) is 5.32 Å². The Balaban J connectivity index is 1.91. The second-order valence-electron chi connectivity index (χ2n) is 5.14. The van der Waals surface area contributed by atoms with Crippen LogP contribution in [0.1, 0.15) is 25.0 Å². The van der Waals surface area contributed by atoms with E-state index < -0.39 is 0 Å². The zero-order chi connectivity index (χ0) is 10.7. The van der Waals surface area contributed by atoms with E-state index in [1.165, 1.54) is 37.1 Å².